The fourth-order valence-electron chi connectivity index (χ4n) is 0.856. The summed E-state index contributed by atoms with van der Waals surface area (Å²) in [5.41, 5.74) is -2.22. The van der Waals surface area contributed by atoms with Gasteiger partial charge in [0.2, 0.25) is 5.28 Å². The van der Waals surface area contributed by atoms with Crippen LogP contribution in [0.3, 0.4) is 0 Å². The minimum absolute atomic E-state index is 0.176. The molecule has 0 unspecified atom stereocenters. The molecule has 8 heteroatoms. The summed E-state index contributed by atoms with van der Waals surface area (Å²) in [5, 5.41) is 14.7. The second kappa shape index (κ2) is 6.02. The van der Waals surface area contributed by atoms with Crippen molar-refractivity contribution in [3.63, 3.8) is 0 Å². The molecular formula is C9H16N2O6. The number of methoxy groups -OCH3 is 2. The molecule has 0 bridgehead atoms. The predicted octanol–water partition coefficient (Wildman–Crippen LogP) is 0.394. The molecule has 17 heavy (non-hydrogen) atoms. The number of rotatable bonds is 5. The minimum Gasteiger partial charge on any atom is -0.596 e. The summed E-state index contributed by atoms with van der Waals surface area (Å²) in [4.78, 5) is 27.4. The zero-order chi connectivity index (χ0) is 13.6. The molecule has 8 nitrogen and oxygen atoms in total. The highest BCUT2D eigenvalue weighted by Crippen LogP contribution is 2.15. The van der Waals surface area contributed by atoms with E-state index in [2.05, 4.69) is 19.6 Å². The SMILES string of the molecule is COC(=O)C(C)(C(=O)OC)/[N+]([O-])=N/OC(C)C. The van der Waals surface area contributed by atoms with Crippen molar-refractivity contribution in [1.82, 2.24) is 0 Å². The molecule has 0 atom stereocenters. The second-order valence-corrected chi connectivity index (χ2v) is 3.56. The second-order valence-electron chi connectivity index (χ2n) is 3.56. The highest BCUT2D eigenvalue weighted by molar-refractivity contribution is 6.02. The van der Waals surface area contributed by atoms with E-state index in [9.17, 15) is 14.8 Å². The fraction of sp³-hybridized carbons (Fsp3) is 0.778. The Balaban J connectivity index is 5.25. The molecule has 0 saturated carbocycles. The van der Waals surface area contributed by atoms with Gasteiger partial charge in [0, 0.05) is 6.92 Å². The summed E-state index contributed by atoms with van der Waals surface area (Å²) in [6.07, 6.45) is -0.369. The average Bonchev–Trinajstić information content (AvgIpc) is 2.32. The molecule has 98 valence electrons. The quantitative estimate of drug-likeness (QED) is 0.229. The summed E-state index contributed by atoms with van der Waals surface area (Å²) < 4.78 is 8.74. The molecule has 0 radical (unpaired) electrons. The van der Waals surface area contributed by atoms with Gasteiger partial charge in [-0.3, -0.25) is 0 Å². The molecule has 0 saturated heterocycles. The van der Waals surface area contributed by atoms with Crippen LogP contribution in [-0.2, 0) is 23.9 Å². The Morgan fingerprint density at radius 1 is 1.24 bits per heavy atom. The van der Waals surface area contributed by atoms with Crippen molar-refractivity contribution in [2.24, 2.45) is 5.28 Å². The first-order valence-electron chi connectivity index (χ1n) is 4.81. The highest BCUT2D eigenvalue weighted by Gasteiger charge is 2.55. The van der Waals surface area contributed by atoms with Crippen molar-refractivity contribution in [2.45, 2.75) is 32.4 Å². The number of esters is 2. The van der Waals surface area contributed by atoms with Crippen LogP contribution in [0.15, 0.2) is 5.28 Å². The van der Waals surface area contributed by atoms with Crippen LogP contribution in [0.2, 0.25) is 0 Å². The lowest BCUT2D eigenvalue weighted by molar-refractivity contribution is -0.606. The molecule has 0 aromatic carbocycles. The lowest BCUT2D eigenvalue weighted by Crippen LogP contribution is -2.52. The van der Waals surface area contributed by atoms with E-state index in [0.717, 1.165) is 21.1 Å². The molecule has 0 spiro atoms. The standard InChI is InChI=1S/C9H16N2O6/c1-6(2)17-10-11(14)9(3,7(12)15-4)8(13)16-5/h6H,1-5H3/b11-10-. The van der Waals surface area contributed by atoms with E-state index in [1.807, 2.05) is 0 Å². The van der Waals surface area contributed by atoms with Crippen LogP contribution in [-0.4, -0.2) is 42.7 Å². The lowest BCUT2D eigenvalue weighted by Gasteiger charge is -2.19. The van der Waals surface area contributed by atoms with Crippen LogP contribution < -0.4 is 0 Å². The third kappa shape index (κ3) is 3.30. The van der Waals surface area contributed by atoms with Crippen LogP contribution in [0.5, 0.6) is 0 Å². The van der Waals surface area contributed by atoms with Gasteiger partial charge in [0.1, 0.15) is 6.10 Å². The number of carbonyl (C=O) groups is 2. The van der Waals surface area contributed by atoms with Crippen molar-refractivity contribution in [2.75, 3.05) is 14.2 Å². The first-order chi connectivity index (χ1) is 7.80. The van der Waals surface area contributed by atoms with Crippen molar-refractivity contribution >= 4 is 11.9 Å². The number of hydroxylamine groups is 1. The number of hydrogen-bond donors (Lipinski definition) is 0. The average molecular weight is 248 g/mol. The molecule has 0 aromatic heterocycles. The Labute approximate surface area is 98.7 Å². The van der Waals surface area contributed by atoms with Gasteiger partial charge in [0.15, 0.2) is 0 Å². The first kappa shape index (κ1) is 15.1. The molecule has 0 fully saturated rings. The third-order valence-corrected chi connectivity index (χ3v) is 1.88. The van der Waals surface area contributed by atoms with Crippen LogP contribution in [0, 0.1) is 5.21 Å². The van der Waals surface area contributed by atoms with Gasteiger partial charge in [0.05, 0.1) is 14.2 Å². The molecule has 0 aliphatic heterocycles. The molecule has 0 amide bonds. The Morgan fingerprint density at radius 3 is 1.94 bits per heavy atom. The molecule has 0 aromatic rings. The van der Waals surface area contributed by atoms with E-state index in [1.165, 1.54) is 0 Å². The van der Waals surface area contributed by atoms with Crippen molar-refractivity contribution in [3.05, 3.63) is 5.21 Å². The van der Waals surface area contributed by atoms with E-state index in [4.69, 9.17) is 0 Å². The van der Waals surface area contributed by atoms with Gasteiger partial charge in [-0.15, -0.1) is 0 Å². The Bertz CT molecular complexity index is 309. The van der Waals surface area contributed by atoms with Gasteiger partial charge in [-0.25, -0.2) is 9.59 Å². The topological polar surface area (TPSA) is 100 Å². The third-order valence-electron chi connectivity index (χ3n) is 1.88. The maximum atomic E-state index is 11.6. The van der Waals surface area contributed by atoms with Crippen LogP contribution >= 0.6 is 0 Å². The van der Waals surface area contributed by atoms with Crippen molar-refractivity contribution in [1.29, 1.82) is 0 Å². The molecule has 0 rings (SSSR count). The summed E-state index contributed by atoms with van der Waals surface area (Å²) >= 11 is 0. The first-order valence-corrected chi connectivity index (χ1v) is 4.81. The lowest BCUT2D eigenvalue weighted by atomic mass is 10.0. The summed E-state index contributed by atoms with van der Waals surface area (Å²) in [6.45, 7) is 4.29. The van der Waals surface area contributed by atoms with Crippen LogP contribution in [0.1, 0.15) is 20.8 Å². The monoisotopic (exact) mass is 248 g/mol. The summed E-state index contributed by atoms with van der Waals surface area (Å²) in [5.74, 6) is -2.18. The van der Waals surface area contributed by atoms with Crippen molar-refractivity contribution < 1.29 is 28.8 Å². The van der Waals surface area contributed by atoms with Crippen LogP contribution in [0.4, 0.5) is 0 Å². The van der Waals surface area contributed by atoms with Gasteiger partial charge < -0.3 is 19.5 Å². The number of nitrogens with zero attached hydrogens (tertiary/aromatic N) is 2. The predicted molar refractivity (Wildman–Crippen MR) is 54.7 cm³/mol. The number of carbonyl (C=O) groups excluding carboxylic acids is 2. The normalized spacial score (nSPS) is 12.2. The van der Waals surface area contributed by atoms with Gasteiger partial charge >= 0.3 is 17.5 Å². The molecule has 0 aliphatic rings. The van der Waals surface area contributed by atoms with E-state index < -0.39 is 17.5 Å². The van der Waals surface area contributed by atoms with Gasteiger partial charge in [-0.1, -0.05) is 0 Å². The number of hydrogen-bond acceptors (Lipinski definition) is 7. The van der Waals surface area contributed by atoms with Gasteiger partial charge in [0.25, 0.3) is 0 Å². The molecule has 0 heterocycles. The van der Waals surface area contributed by atoms with E-state index >= 15 is 0 Å². The molecular weight excluding hydrogens is 232 g/mol. The maximum absolute atomic E-state index is 11.6. The van der Waals surface area contributed by atoms with E-state index in [-0.39, 0.29) is 11.0 Å². The largest absolute Gasteiger partial charge is 0.596 e. The maximum Gasteiger partial charge on any atom is 0.394 e. The Kier molecular flexibility index (Phi) is 5.36. The number of ether oxygens (including phenoxy) is 2. The minimum atomic E-state index is -2.22. The zero-order valence-corrected chi connectivity index (χ0v) is 10.4. The van der Waals surface area contributed by atoms with Crippen LogP contribution in [0.25, 0.3) is 0 Å². The smallest absolute Gasteiger partial charge is 0.394 e. The zero-order valence-electron chi connectivity index (χ0n) is 10.4. The van der Waals surface area contributed by atoms with Crippen molar-refractivity contribution in [3.8, 4) is 0 Å². The molecule has 0 N–H and O–H groups in total. The fourth-order valence-corrected chi connectivity index (χ4v) is 0.856. The summed E-state index contributed by atoms with van der Waals surface area (Å²) in [6, 6.07) is 0. The molecule has 0 aliphatic carbocycles. The van der Waals surface area contributed by atoms with E-state index in [1.54, 1.807) is 13.8 Å². The Morgan fingerprint density at radius 2 is 1.65 bits per heavy atom. The van der Waals surface area contributed by atoms with E-state index in [0.29, 0.717) is 0 Å². The highest BCUT2D eigenvalue weighted by atomic mass is 16.7. The van der Waals surface area contributed by atoms with Gasteiger partial charge in [-0.05, 0) is 18.7 Å². The van der Waals surface area contributed by atoms with Gasteiger partial charge in [-0.2, -0.15) is 0 Å². The Hall–Kier alpha value is -1.86. The summed E-state index contributed by atoms with van der Waals surface area (Å²) in [7, 11) is 2.08.